The summed E-state index contributed by atoms with van der Waals surface area (Å²) in [7, 11) is 0. The van der Waals surface area contributed by atoms with Crippen LogP contribution in [-0.4, -0.2) is 69.2 Å². The monoisotopic (exact) mass is 362 g/mol. The zero-order chi connectivity index (χ0) is 19.7. The number of carbonyl (C=O) groups is 5. The third-order valence-corrected chi connectivity index (χ3v) is 3.09. The minimum absolute atomic E-state index is 0.282. The normalized spacial score (nSPS) is 15.3. The van der Waals surface area contributed by atoms with Gasteiger partial charge in [-0.2, -0.15) is 0 Å². The number of nitrogens with one attached hydrogen (secondary N) is 2. The van der Waals surface area contributed by atoms with Gasteiger partial charge in [-0.1, -0.05) is 0 Å². The molecule has 12 nitrogen and oxygen atoms in total. The third kappa shape index (κ3) is 8.62. The number of amides is 3. The first kappa shape index (κ1) is 22.3. The SMILES string of the molecule is CC(O)C(NC(=O)C(N)CC(=O)O)C(=O)NC(CCC(N)=O)C(=O)O. The molecular formula is C13H22N4O8. The van der Waals surface area contributed by atoms with E-state index in [1.165, 1.54) is 0 Å². The molecule has 4 atom stereocenters. The first-order valence-corrected chi connectivity index (χ1v) is 7.23. The number of aliphatic carboxylic acids is 2. The summed E-state index contributed by atoms with van der Waals surface area (Å²) in [6, 6.07) is -4.50. The van der Waals surface area contributed by atoms with Crippen LogP contribution >= 0.6 is 0 Å². The molecule has 0 spiro atoms. The highest BCUT2D eigenvalue weighted by Crippen LogP contribution is 2.02. The Labute approximate surface area is 142 Å². The predicted molar refractivity (Wildman–Crippen MR) is 81.8 cm³/mol. The molecule has 0 aliphatic heterocycles. The van der Waals surface area contributed by atoms with Crippen LogP contribution in [0, 0.1) is 0 Å². The van der Waals surface area contributed by atoms with Gasteiger partial charge in [0.25, 0.3) is 0 Å². The lowest BCUT2D eigenvalue weighted by atomic mass is 10.1. The van der Waals surface area contributed by atoms with E-state index in [9.17, 15) is 29.1 Å². The summed E-state index contributed by atoms with van der Waals surface area (Å²) < 4.78 is 0. The first-order chi connectivity index (χ1) is 11.5. The average molecular weight is 362 g/mol. The van der Waals surface area contributed by atoms with E-state index in [0.717, 1.165) is 6.92 Å². The van der Waals surface area contributed by atoms with Gasteiger partial charge in [0.05, 0.1) is 18.6 Å². The van der Waals surface area contributed by atoms with Crippen LogP contribution in [0.5, 0.6) is 0 Å². The zero-order valence-electron chi connectivity index (χ0n) is 13.5. The van der Waals surface area contributed by atoms with E-state index in [-0.39, 0.29) is 12.8 Å². The lowest BCUT2D eigenvalue weighted by Gasteiger charge is -2.24. The molecule has 0 bridgehead atoms. The van der Waals surface area contributed by atoms with E-state index < -0.39 is 60.3 Å². The van der Waals surface area contributed by atoms with Crippen molar-refractivity contribution in [2.45, 2.75) is 50.4 Å². The number of carboxylic acid groups (broad SMARTS) is 2. The highest BCUT2D eigenvalue weighted by atomic mass is 16.4. The molecule has 9 N–H and O–H groups in total. The van der Waals surface area contributed by atoms with Crippen molar-refractivity contribution >= 4 is 29.7 Å². The van der Waals surface area contributed by atoms with Crippen LogP contribution < -0.4 is 22.1 Å². The molecule has 0 fully saturated rings. The lowest BCUT2D eigenvalue weighted by molar-refractivity contribution is -0.143. The van der Waals surface area contributed by atoms with E-state index in [2.05, 4.69) is 10.6 Å². The maximum atomic E-state index is 12.1. The van der Waals surface area contributed by atoms with E-state index in [4.69, 9.17) is 21.7 Å². The van der Waals surface area contributed by atoms with Crippen LogP contribution in [0.15, 0.2) is 0 Å². The topological polar surface area (TPSA) is 222 Å². The second-order valence-corrected chi connectivity index (χ2v) is 5.34. The fourth-order valence-corrected chi connectivity index (χ4v) is 1.75. The Balaban J connectivity index is 4.97. The van der Waals surface area contributed by atoms with Gasteiger partial charge in [-0.3, -0.25) is 19.2 Å². The molecular weight excluding hydrogens is 340 g/mol. The largest absolute Gasteiger partial charge is 0.481 e. The fourth-order valence-electron chi connectivity index (χ4n) is 1.75. The van der Waals surface area contributed by atoms with Gasteiger partial charge in [0.2, 0.25) is 17.7 Å². The van der Waals surface area contributed by atoms with Gasteiger partial charge in [0, 0.05) is 6.42 Å². The van der Waals surface area contributed by atoms with Crippen LogP contribution in [0.2, 0.25) is 0 Å². The highest BCUT2D eigenvalue weighted by molar-refractivity contribution is 5.93. The Bertz CT molecular complexity index is 536. The molecule has 142 valence electrons. The molecule has 4 unspecified atom stereocenters. The van der Waals surface area contributed by atoms with Crippen molar-refractivity contribution in [1.29, 1.82) is 0 Å². The summed E-state index contributed by atoms with van der Waals surface area (Å²) in [5, 5.41) is 31.3. The van der Waals surface area contributed by atoms with Crippen molar-refractivity contribution < 1.29 is 39.3 Å². The van der Waals surface area contributed by atoms with Crippen LogP contribution in [0.25, 0.3) is 0 Å². The van der Waals surface area contributed by atoms with Crippen LogP contribution in [0.4, 0.5) is 0 Å². The van der Waals surface area contributed by atoms with Gasteiger partial charge in [-0.15, -0.1) is 0 Å². The van der Waals surface area contributed by atoms with Gasteiger partial charge in [-0.25, -0.2) is 4.79 Å². The van der Waals surface area contributed by atoms with E-state index >= 15 is 0 Å². The standard InChI is InChI=1S/C13H22N4O8/c1-5(18)10(17-11(22)6(14)4-9(20)21)12(23)16-7(13(24)25)2-3-8(15)19/h5-7,10,18H,2-4,14H2,1H3,(H2,15,19)(H,16,23)(H,17,22)(H,20,21)(H,24,25). The Hall–Kier alpha value is -2.73. The molecule has 0 rings (SSSR count). The minimum atomic E-state index is -1.57. The van der Waals surface area contributed by atoms with Crippen molar-refractivity contribution in [3.63, 3.8) is 0 Å². The molecule has 0 radical (unpaired) electrons. The number of hydrogen-bond acceptors (Lipinski definition) is 7. The molecule has 0 aliphatic carbocycles. The number of hydrogen-bond donors (Lipinski definition) is 7. The molecule has 12 heteroatoms. The van der Waals surface area contributed by atoms with Crippen molar-refractivity contribution in [1.82, 2.24) is 10.6 Å². The van der Waals surface area contributed by atoms with Gasteiger partial charge in [0.1, 0.15) is 12.1 Å². The molecule has 0 aromatic carbocycles. The number of carboxylic acids is 2. The predicted octanol–water partition coefficient (Wildman–Crippen LogP) is -3.51. The number of aliphatic hydroxyl groups is 1. The van der Waals surface area contributed by atoms with Crippen molar-refractivity contribution in [3.05, 3.63) is 0 Å². The van der Waals surface area contributed by atoms with Gasteiger partial charge < -0.3 is 37.4 Å². The van der Waals surface area contributed by atoms with Crippen molar-refractivity contribution in [2.75, 3.05) is 0 Å². The first-order valence-electron chi connectivity index (χ1n) is 7.23. The quantitative estimate of drug-likeness (QED) is 0.193. The summed E-state index contributed by atoms with van der Waals surface area (Å²) in [6.45, 7) is 1.16. The van der Waals surface area contributed by atoms with E-state index in [0.29, 0.717) is 0 Å². The molecule has 0 heterocycles. The maximum absolute atomic E-state index is 12.1. The molecule has 0 saturated carbocycles. The number of nitrogens with two attached hydrogens (primary N) is 2. The molecule has 0 saturated heterocycles. The smallest absolute Gasteiger partial charge is 0.326 e. The summed E-state index contributed by atoms with van der Waals surface area (Å²) in [5.74, 6) is -5.58. The maximum Gasteiger partial charge on any atom is 0.326 e. The molecule has 0 aromatic rings. The third-order valence-electron chi connectivity index (χ3n) is 3.09. The van der Waals surface area contributed by atoms with Gasteiger partial charge in [-0.05, 0) is 13.3 Å². The van der Waals surface area contributed by atoms with E-state index in [1.807, 2.05) is 0 Å². The second-order valence-electron chi connectivity index (χ2n) is 5.34. The summed E-state index contributed by atoms with van der Waals surface area (Å²) in [6.07, 6.45) is -2.70. The zero-order valence-corrected chi connectivity index (χ0v) is 13.5. The highest BCUT2D eigenvalue weighted by Gasteiger charge is 2.31. The molecule has 3 amide bonds. The second kappa shape index (κ2) is 10.2. The van der Waals surface area contributed by atoms with Crippen LogP contribution in [-0.2, 0) is 24.0 Å². The van der Waals surface area contributed by atoms with Gasteiger partial charge in [0.15, 0.2) is 0 Å². The molecule has 0 aromatic heterocycles. The average Bonchev–Trinajstić information content (AvgIpc) is 2.46. The molecule has 25 heavy (non-hydrogen) atoms. The number of carbonyl (C=O) groups excluding carboxylic acids is 3. The Morgan fingerprint density at radius 3 is 2.00 bits per heavy atom. The summed E-state index contributed by atoms with van der Waals surface area (Å²) in [4.78, 5) is 56.2. The van der Waals surface area contributed by atoms with E-state index in [1.54, 1.807) is 0 Å². The minimum Gasteiger partial charge on any atom is -0.481 e. The number of primary amides is 1. The Kier molecular flexibility index (Phi) is 9.09. The van der Waals surface area contributed by atoms with Crippen molar-refractivity contribution in [3.8, 4) is 0 Å². The van der Waals surface area contributed by atoms with Crippen molar-refractivity contribution in [2.24, 2.45) is 11.5 Å². The molecule has 0 aliphatic rings. The number of rotatable bonds is 11. The lowest BCUT2D eigenvalue weighted by Crippen LogP contribution is -2.58. The van der Waals surface area contributed by atoms with Crippen LogP contribution in [0.1, 0.15) is 26.2 Å². The van der Waals surface area contributed by atoms with Gasteiger partial charge >= 0.3 is 11.9 Å². The fraction of sp³-hybridized carbons (Fsp3) is 0.615. The summed E-state index contributed by atoms with van der Waals surface area (Å²) in [5.41, 5.74) is 10.3. The number of aliphatic hydroxyl groups excluding tert-OH is 1. The Morgan fingerprint density at radius 2 is 1.60 bits per heavy atom. The summed E-state index contributed by atoms with van der Waals surface area (Å²) >= 11 is 0. The Morgan fingerprint density at radius 1 is 1.04 bits per heavy atom. The van der Waals surface area contributed by atoms with Crippen LogP contribution in [0.3, 0.4) is 0 Å².